The van der Waals surface area contributed by atoms with Crippen molar-refractivity contribution in [3.8, 4) is 11.3 Å². The maximum atomic E-state index is 12.2. The zero-order valence-electron chi connectivity index (χ0n) is 13.1. The molecular weight excluding hydrogens is 310 g/mol. The van der Waals surface area contributed by atoms with Gasteiger partial charge in [0.2, 0.25) is 0 Å². The number of anilines is 1. The van der Waals surface area contributed by atoms with E-state index in [-0.39, 0.29) is 5.91 Å². The van der Waals surface area contributed by atoms with Crippen molar-refractivity contribution < 1.29 is 4.79 Å². The summed E-state index contributed by atoms with van der Waals surface area (Å²) in [5, 5.41) is 9.35. The van der Waals surface area contributed by atoms with Crippen molar-refractivity contribution in [2.24, 2.45) is 0 Å². The van der Waals surface area contributed by atoms with Crippen molar-refractivity contribution in [1.82, 2.24) is 19.7 Å². The lowest BCUT2D eigenvalue weighted by molar-refractivity contribution is -0.119. The molecule has 6 nitrogen and oxygen atoms in total. The first-order valence-electron chi connectivity index (χ1n) is 7.22. The zero-order valence-corrected chi connectivity index (χ0v) is 14.0. The fourth-order valence-corrected chi connectivity index (χ4v) is 2.93. The molecule has 3 aromatic rings. The standard InChI is InChI=1S/C16H17N5OS/c1-10-4-5-11(2)13(6-10)14-7-23-16(19-14)20-15(22)12(3)21-9-17-8-18-21/h4-9,12H,1-3H3,(H,19,20,22)/t12-/m0/s1. The summed E-state index contributed by atoms with van der Waals surface area (Å²) in [5.74, 6) is -0.169. The van der Waals surface area contributed by atoms with Gasteiger partial charge in [0.15, 0.2) is 5.13 Å². The number of nitrogens with one attached hydrogen (secondary N) is 1. The average molecular weight is 327 g/mol. The lowest BCUT2D eigenvalue weighted by Gasteiger charge is -2.10. The molecule has 1 N–H and O–H groups in total. The van der Waals surface area contributed by atoms with Gasteiger partial charge in [-0.3, -0.25) is 4.79 Å². The second-order valence-corrected chi connectivity index (χ2v) is 6.26. The lowest BCUT2D eigenvalue weighted by atomic mass is 10.0. The predicted molar refractivity (Wildman–Crippen MR) is 90.4 cm³/mol. The number of aryl methyl sites for hydroxylation is 2. The molecule has 23 heavy (non-hydrogen) atoms. The van der Waals surface area contributed by atoms with Crippen molar-refractivity contribution in [1.29, 1.82) is 0 Å². The maximum Gasteiger partial charge on any atom is 0.250 e. The molecular formula is C16H17N5OS. The van der Waals surface area contributed by atoms with E-state index in [0.29, 0.717) is 5.13 Å². The summed E-state index contributed by atoms with van der Waals surface area (Å²) in [6.45, 7) is 5.88. The minimum absolute atomic E-state index is 0.169. The number of thiazole rings is 1. The summed E-state index contributed by atoms with van der Waals surface area (Å²) in [6.07, 6.45) is 2.93. The van der Waals surface area contributed by atoms with Crippen LogP contribution < -0.4 is 5.32 Å². The second kappa shape index (κ2) is 6.29. The van der Waals surface area contributed by atoms with Gasteiger partial charge in [-0.05, 0) is 32.4 Å². The van der Waals surface area contributed by atoms with Gasteiger partial charge in [-0.25, -0.2) is 14.6 Å². The average Bonchev–Trinajstić information content (AvgIpc) is 3.20. The molecule has 1 atom stereocenters. The first-order valence-corrected chi connectivity index (χ1v) is 8.10. The van der Waals surface area contributed by atoms with Crippen LogP contribution in [0.3, 0.4) is 0 Å². The van der Waals surface area contributed by atoms with E-state index in [1.807, 2.05) is 5.38 Å². The minimum atomic E-state index is -0.439. The van der Waals surface area contributed by atoms with Crippen molar-refractivity contribution in [3.05, 3.63) is 47.4 Å². The van der Waals surface area contributed by atoms with E-state index in [0.717, 1.165) is 16.8 Å². The molecule has 0 saturated carbocycles. The fraction of sp³-hybridized carbons (Fsp3) is 0.250. The molecule has 2 aromatic heterocycles. The topological polar surface area (TPSA) is 72.7 Å². The molecule has 0 bridgehead atoms. The van der Waals surface area contributed by atoms with Crippen LogP contribution in [0.5, 0.6) is 0 Å². The third kappa shape index (κ3) is 3.29. The second-order valence-electron chi connectivity index (χ2n) is 5.40. The van der Waals surface area contributed by atoms with E-state index < -0.39 is 6.04 Å². The van der Waals surface area contributed by atoms with Gasteiger partial charge in [-0.1, -0.05) is 17.7 Å². The van der Waals surface area contributed by atoms with Crippen LogP contribution in [-0.2, 0) is 4.79 Å². The quantitative estimate of drug-likeness (QED) is 0.798. The summed E-state index contributed by atoms with van der Waals surface area (Å²) < 4.78 is 1.51. The summed E-state index contributed by atoms with van der Waals surface area (Å²) >= 11 is 1.41. The first-order chi connectivity index (χ1) is 11.0. The van der Waals surface area contributed by atoms with Crippen LogP contribution in [0.15, 0.2) is 36.2 Å². The van der Waals surface area contributed by atoms with E-state index in [1.165, 1.54) is 34.2 Å². The monoisotopic (exact) mass is 327 g/mol. The highest BCUT2D eigenvalue weighted by atomic mass is 32.1. The van der Waals surface area contributed by atoms with Gasteiger partial charge >= 0.3 is 0 Å². The number of carbonyl (C=O) groups excluding carboxylic acids is 1. The minimum Gasteiger partial charge on any atom is -0.300 e. The van der Waals surface area contributed by atoms with E-state index in [4.69, 9.17) is 0 Å². The number of aromatic nitrogens is 4. The Morgan fingerprint density at radius 2 is 2.17 bits per heavy atom. The third-order valence-electron chi connectivity index (χ3n) is 3.62. The van der Waals surface area contributed by atoms with Gasteiger partial charge < -0.3 is 5.32 Å². The summed E-state index contributed by atoms with van der Waals surface area (Å²) in [5.41, 5.74) is 4.31. The fourth-order valence-electron chi connectivity index (χ4n) is 2.21. The van der Waals surface area contributed by atoms with E-state index in [9.17, 15) is 4.79 Å². The summed E-state index contributed by atoms with van der Waals surface area (Å²) in [6, 6.07) is 5.82. The van der Waals surface area contributed by atoms with Crippen LogP contribution in [0, 0.1) is 13.8 Å². The molecule has 0 radical (unpaired) electrons. The molecule has 0 fully saturated rings. The highest BCUT2D eigenvalue weighted by Crippen LogP contribution is 2.28. The van der Waals surface area contributed by atoms with Gasteiger partial charge in [0.05, 0.1) is 5.69 Å². The maximum absolute atomic E-state index is 12.2. The van der Waals surface area contributed by atoms with Crippen LogP contribution in [0.25, 0.3) is 11.3 Å². The number of nitrogens with zero attached hydrogens (tertiary/aromatic N) is 4. The number of rotatable bonds is 4. The van der Waals surface area contributed by atoms with Crippen LogP contribution in [0.2, 0.25) is 0 Å². The molecule has 1 amide bonds. The Kier molecular flexibility index (Phi) is 4.20. The summed E-state index contributed by atoms with van der Waals surface area (Å²) in [4.78, 5) is 20.6. The number of carbonyl (C=O) groups is 1. The van der Waals surface area contributed by atoms with Crippen LogP contribution in [-0.4, -0.2) is 25.7 Å². The Labute approximate surface area is 138 Å². The van der Waals surface area contributed by atoms with Crippen molar-refractivity contribution in [2.45, 2.75) is 26.8 Å². The Morgan fingerprint density at radius 1 is 1.35 bits per heavy atom. The third-order valence-corrected chi connectivity index (χ3v) is 4.37. The smallest absolute Gasteiger partial charge is 0.250 e. The SMILES string of the molecule is Cc1ccc(C)c(-c2csc(NC(=O)[C@H](C)n3cncn3)n2)c1. The van der Waals surface area contributed by atoms with Gasteiger partial charge in [-0.15, -0.1) is 11.3 Å². The van der Waals surface area contributed by atoms with Gasteiger partial charge in [0.1, 0.15) is 18.7 Å². The Balaban J connectivity index is 1.77. The van der Waals surface area contributed by atoms with Crippen LogP contribution in [0.4, 0.5) is 5.13 Å². The van der Waals surface area contributed by atoms with Crippen molar-refractivity contribution in [3.63, 3.8) is 0 Å². The molecule has 0 saturated heterocycles. The molecule has 0 aliphatic rings. The highest BCUT2D eigenvalue weighted by Gasteiger charge is 2.17. The van der Waals surface area contributed by atoms with Crippen molar-refractivity contribution in [2.75, 3.05) is 5.32 Å². The molecule has 118 valence electrons. The van der Waals surface area contributed by atoms with E-state index in [2.05, 4.69) is 52.4 Å². The van der Waals surface area contributed by atoms with E-state index in [1.54, 1.807) is 6.92 Å². The Bertz CT molecular complexity index is 825. The molecule has 0 unspecified atom stereocenters. The number of amides is 1. The molecule has 3 rings (SSSR count). The Hall–Kier alpha value is -2.54. The number of benzene rings is 1. The molecule has 7 heteroatoms. The largest absolute Gasteiger partial charge is 0.300 e. The van der Waals surface area contributed by atoms with Gasteiger partial charge in [0, 0.05) is 10.9 Å². The zero-order chi connectivity index (χ0) is 16.4. The van der Waals surface area contributed by atoms with Crippen LogP contribution in [0.1, 0.15) is 24.1 Å². The molecule has 2 heterocycles. The lowest BCUT2D eigenvalue weighted by Crippen LogP contribution is -2.23. The molecule has 0 spiro atoms. The van der Waals surface area contributed by atoms with Crippen LogP contribution >= 0.6 is 11.3 Å². The van der Waals surface area contributed by atoms with Gasteiger partial charge in [0.25, 0.3) is 5.91 Å². The molecule has 1 aromatic carbocycles. The van der Waals surface area contributed by atoms with Crippen molar-refractivity contribution >= 4 is 22.4 Å². The normalized spacial score (nSPS) is 12.1. The Morgan fingerprint density at radius 3 is 2.91 bits per heavy atom. The van der Waals surface area contributed by atoms with Gasteiger partial charge in [-0.2, -0.15) is 5.10 Å². The molecule has 0 aliphatic heterocycles. The number of hydrogen-bond donors (Lipinski definition) is 1. The predicted octanol–water partition coefficient (Wildman–Crippen LogP) is 3.22. The first kappa shape index (κ1) is 15.4. The van der Waals surface area contributed by atoms with E-state index >= 15 is 0 Å². The molecule has 0 aliphatic carbocycles. The summed E-state index contributed by atoms with van der Waals surface area (Å²) in [7, 11) is 0. The highest BCUT2D eigenvalue weighted by molar-refractivity contribution is 7.14. The number of hydrogen-bond acceptors (Lipinski definition) is 5.